The van der Waals surface area contributed by atoms with E-state index >= 15 is 0 Å². The highest BCUT2D eigenvalue weighted by Gasteiger charge is 2.29. The van der Waals surface area contributed by atoms with Gasteiger partial charge in [-0.05, 0) is 19.3 Å². The zero-order valence-corrected chi connectivity index (χ0v) is 7.95. The van der Waals surface area contributed by atoms with E-state index in [2.05, 4.69) is 0 Å². The molecule has 0 unspecified atom stereocenters. The minimum absolute atomic E-state index is 0.0137. The number of aliphatic carboxylic acids is 1. The molecule has 0 aliphatic heterocycles. The van der Waals surface area contributed by atoms with Crippen molar-refractivity contribution in [2.24, 2.45) is 11.8 Å². The summed E-state index contributed by atoms with van der Waals surface area (Å²) in [6, 6.07) is 0. The number of ketones is 1. The third kappa shape index (κ3) is 2.54. The molecule has 1 aliphatic carbocycles. The number of Topliss-reactive ketones (excluding diaryl/α,β-unsaturated/α-hetero) is 1. The van der Waals surface area contributed by atoms with E-state index in [4.69, 9.17) is 5.11 Å². The van der Waals surface area contributed by atoms with Gasteiger partial charge < -0.3 is 5.11 Å². The van der Waals surface area contributed by atoms with Crippen LogP contribution < -0.4 is 0 Å². The van der Waals surface area contributed by atoms with Crippen LogP contribution in [0, 0.1) is 11.8 Å². The number of carbonyl (C=O) groups is 2. The Morgan fingerprint density at radius 3 is 2.46 bits per heavy atom. The molecule has 1 aliphatic rings. The summed E-state index contributed by atoms with van der Waals surface area (Å²) in [6.07, 6.45) is 3.60. The SMILES string of the molecule is CCC(=O)[C@H]1CCC[C@@H](C(=O)O)C1. The second kappa shape index (κ2) is 4.40. The lowest BCUT2D eigenvalue weighted by molar-refractivity contribution is -0.143. The number of carboxylic acids is 1. The van der Waals surface area contributed by atoms with Crippen LogP contribution in [0.3, 0.4) is 0 Å². The molecule has 0 spiro atoms. The van der Waals surface area contributed by atoms with Gasteiger partial charge in [0.05, 0.1) is 5.92 Å². The van der Waals surface area contributed by atoms with Crippen molar-refractivity contribution in [2.75, 3.05) is 0 Å². The monoisotopic (exact) mass is 184 g/mol. The van der Waals surface area contributed by atoms with Crippen LogP contribution in [0.15, 0.2) is 0 Å². The molecule has 0 radical (unpaired) electrons. The van der Waals surface area contributed by atoms with Gasteiger partial charge in [-0.1, -0.05) is 13.3 Å². The Balaban J connectivity index is 2.51. The largest absolute Gasteiger partial charge is 0.481 e. The smallest absolute Gasteiger partial charge is 0.306 e. The quantitative estimate of drug-likeness (QED) is 0.728. The van der Waals surface area contributed by atoms with Gasteiger partial charge in [0.2, 0.25) is 0 Å². The predicted octanol–water partition coefficient (Wildman–Crippen LogP) is 1.86. The predicted molar refractivity (Wildman–Crippen MR) is 48.4 cm³/mol. The summed E-state index contributed by atoms with van der Waals surface area (Å²) in [7, 11) is 0. The Bertz CT molecular complexity index is 210. The minimum atomic E-state index is -0.742. The molecule has 74 valence electrons. The zero-order chi connectivity index (χ0) is 9.84. The number of carboxylic acid groups (broad SMARTS) is 1. The van der Waals surface area contributed by atoms with Gasteiger partial charge in [0.15, 0.2) is 0 Å². The minimum Gasteiger partial charge on any atom is -0.481 e. The maximum atomic E-state index is 11.3. The Hall–Kier alpha value is -0.860. The first-order chi connectivity index (χ1) is 6.15. The Morgan fingerprint density at radius 2 is 1.92 bits per heavy atom. The number of hydrogen-bond acceptors (Lipinski definition) is 2. The van der Waals surface area contributed by atoms with Crippen molar-refractivity contribution in [3.8, 4) is 0 Å². The zero-order valence-electron chi connectivity index (χ0n) is 7.95. The molecule has 0 aromatic heterocycles. The summed E-state index contributed by atoms with van der Waals surface area (Å²) in [6.45, 7) is 1.84. The highest BCUT2D eigenvalue weighted by atomic mass is 16.4. The van der Waals surface area contributed by atoms with Crippen LogP contribution in [-0.2, 0) is 9.59 Å². The van der Waals surface area contributed by atoms with Crippen molar-refractivity contribution in [3.05, 3.63) is 0 Å². The molecule has 0 aromatic carbocycles. The van der Waals surface area contributed by atoms with Crippen LogP contribution in [0.5, 0.6) is 0 Å². The molecular weight excluding hydrogens is 168 g/mol. The molecule has 0 saturated heterocycles. The van der Waals surface area contributed by atoms with E-state index in [0.29, 0.717) is 12.8 Å². The molecule has 1 fully saturated rings. The summed E-state index contributed by atoms with van der Waals surface area (Å²) < 4.78 is 0. The normalized spacial score (nSPS) is 28.4. The van der Waals surface area contributed by atoms with Crippen molar-refractivity contribution in [1.29, 1.82) is 0 Å². The highest BCUT2D eigenvalue weighted by molar-refractivity contribution is 5.81. The van der Waals surface area contributed by atoms with E-state index in [1.165, 1.54) is 0 Å². The van der Waals surface area contributed by atoms with E-state index in [0.717, 1.165) is 19.3 Å². The van der Waals surface area contributed by atoms with Crippen LogP contribution in [0.25, 0.3) is 0 Å². The maximum absolute atomic E-state index is 11.3. The Morgan fingerprint density at radius 1 is 1.31 bits per heavy atom. The van der Waals surface area contributed by atoms with Crippen LogP contribution in [0.2, 0.25) is 0 Å². The lowest BCUT2D eigenvalue weighted by Gasteiger charge is -2.25. The van der Waals surface area contributed by atoms with E-state index in [1.807, 2.05) is 6.92 Å². The first-order valence-electron chi connectivity index (χ1n) is 4.90. The third-order valence-electron chi connectivity index (χ3n) is 2.83. The molecule has 1 N–H and O–H groups in total. The fourth-order valence-corrected chi connectivity index (χ4v) is 2.00. The molecule has 3 heteroatoms. The summed E-state index contributed by atoms with van der Waals surface area (Å²) in [5.74, 6) is -0.784. The van der Waals surface area contributed by atoms with E-state index in [-0.39, 0.29) is 17.6 Å². The molecule has 13 heavy (non-hydrogen) atoms. The maximum Gasteiger partial charge on any atom is 0.306 e. The fourth-order valence-electron chi connectivity index (χ4n) is 2.00. The van der Waals surface area contributed by atoms with Crippen LogP contribution in [-0.4, -0.2) is 16.9 Å². The lowest BCUT2D eigenvalue weighted by Crippen LogP contribution is -2.26. The van der Waals surface area contributed by atoms with Crippen molar-refractivity contribution in [1.82, 2.24) is 0 Å². The lowest BCUT2D eigenvalue weighted by atomic mass is 9.79. The number of hydrogen-bond donors (Lipinski definition) is 1. The molecule has 0 heterocycles. The molecule has 0 aromatic rings. The molecule has 0 amide bonds. The van der Waals surface area contributed by atoms with Gasteiger partial charge in [-0.2, -0.15) is 0 Å². The Kier molecular flexibility index (Phi) is 3.46. The standard InChI is InChI=1S/C10H16O3/c1-2-9(11)7-4-3-5-8(6-7)10(12)13/h7-8H,2-6H2,1H3,(H,12,13)/t7-,8+/m0/s1. The highest BCUT2D eigenvalue weighted by Crippen LogP contribution is 2.30. The van der Waals surface area contributed by atoms with Crippen LogP contribution in [0.1, 0.15) is 39.0 Å². The summed E-state index contributed by atoms with van der Waals surface area (Å²) in [5.41, 5.74) is 0. The van der Waals surface area contributed by atoms with Crippen molar-refractivity contribution < 1.29 is 14.7 Å². The van der Waals surface area contributed by atoms with Gasteiger partial charge in [-0.15, -0.1) is 0 Å². The molecule has 0 bridgehead atoms. The van der Waals surface area contributed by atoms with Gasteiger partial charge in [0, 0.05) is 12.3 Å². The Labute approximate surface area is 78.1 Å². The summed E-state index contributed by atoms with van der Waals surface area (Å²) in [5, 5.41) is 8.80. The first kappa shape index (κ1) is 10.2. The van der Waals surface area contributed by atoms with Gasteiger partial charge in [0.25, 0.3) is 0 Å². The summed E-state index contributed by atoms with van der Waals surface area (Å²) in [4.78, 5) is 22.0. The topological polar surface area (TPSA) is 54.4 Å². The van der Waals surface area contributed by atoms with Gasteiger partial charge in [-0.25, -0.2) is 0 Å². The van der Waals surface area contributed by atoms with Gasteiger partial charge in [-0.3, -0.25) is 9.59 Å². The second-order valence-electron chi connectivity index (χ2n) is 3.72. The number of carbonyl (C=O) groups excluding carboxylic acids is 1. The fraction of sp³-hybridized carbons (Fsp3) is 0.800. The molecule has 3 nitrogen and oxygen atoms in total. The van der Waals surface area contributed by atoms with Crippen LogP contribution in [0.4, 0.5) is 0 Å². The molecule has 1 saturated carbocycles. The van der Waals surface area contributed by atoms with E-state index < -0.39 is 5.97 Å². The number of rotatable bonds is 3. The second-order valence-corrected chi connectivity index (χ2v) is 3.72. The van der Waals surface area contributed by atoms with E-state index in [9.17, 15) is 9.59 Å². The van der Waals surface area contributed by atoms with Crippen molar-refractivity contribution >= 4 is 11.8 Å². The average molecular weight is 184 g/mol. The first-order valence-corrected chi connectivity index (χ1v) is 4.90. The van der Waals surface area contributed by atoms with Crippen molar-refractivity contribution in [2.45, 2.75) is 39.0 Å². The van der Waals surface area contributed by atoms with Crippen molar-refractivity contribution in [3.63, 3.8) is 0 Å². The molecule has 1 rings (SSSR count). The summed E-state index contributed by atoms with van der Waals surface area (Å²) >= 11 is 0. The molecule has 2 atom stereocenters. The van der Waals surface area contributed by atoms with Gasteiger partial charge in [0.1, 0.15) is 5.78 Å². The average Bonchev–Trinajstić information content (AvgIpc) is 2.17. The molecular formula is C10H16O3. The third-order valence-corrected chi connectivity index (χ3v) is 2.83. The van der Waals surface area contributed by atoms with E-state index in [1.54, 1.807) is 0 Å². The van der Waals surface area contributed by atoms with Crippen LogP contribution >= 0.6 is 0 Å². The van der Waals surface area contributed by atoms with Gasteiger partial charge >= 0.3 is 5.97 Å².